The summed E-state index contributed by atoms with van der Waals surface area (Å²) in [5.74, 6) is -1.68. The van der Waals surface area contributed by atoms with Crippen LogP contribution in [0.3, 0.4) is 0 Å². The molecule has 13 heteroatoms. The van der Waals surface area contributed by atoms with Crippen LogP contribution in [0, 0.1) is 11.7 Å². The van der Waals surface area contributed by atoms with Crippen molar-refractivity contribution < 1.29 is 31.9 Å². The van der Waals surface area contributed by atoms with E-state index in [2.05, 4.69) is 0 Å². The van der Waals surface area contributed by atoms with Gasteiger partial charge >= 0.3 is 5.97 Å². The smallest absolute Gasteiger partial charge is 0.308 e. The van der Waals surface area contributed by atoms with E-state index in [1.54, 1.807) is 41.3 Å². The number of carbonyl (C=O) groups excluding carboxylic acids is 2. The first-order chi connectivity index (χ1) is 21.9. The van der Waals surface area contributed by atoms with Gasteiger partial charge in [-0.25, -0.2) is 12.8 Å². The zero-order valence-electron chi connectivity index (χ0n) is 25.8. The maximum atomic E-state index is 15.2. The summed E-state index contributed by atoms with van der Waals surface area (Å²) in [4.78, 5) is 29.7. The Hall–Kier alpha value is -2.70. The molecule has 1 saturated heterocycles. The zero-order valence-corrected chi connectivity index (χ0v) is 28.9. The van der Waals surface area contributed by atoms with Gasteiger partial charge in [0.25, 0.3) is 5.91 Å². The summed E-state index contributed by atoms with van der Waals surface area (Å²) in [6, 6.07) is 14.8. The molecule has 46 heavy (non-hydrogen) atoms. The summed E-state index contributed by atoms with van der Waals surface area (Å²) >= 11 is 14.1. The topological polar surface area (TPSA) is 93.2 Å². The first-order valence-corrected chi connectivity index (χ1v) is 18.4. The lowest BCUT2D eigenvalue weighted by Crippen LogP contribution is -2.58. The van der Waals surface area contributed by atoms with Gasteiger partial charge in [0.15, 0.2) is 0 Å². The van der Waals surface area contributed by atoms with Crippen LogP contribution in [0.15, 0.2) is 60.7 Å². The largest absolute Gasteiger partial charge is 0.465 e. The van der Waals surface area contributed by atoms with Crippen molar-refractivity contribution >= 4 is 62.1 Å². The monoisotopic (exact) mass is 710 g/mol. The second-order valence-corrected chi connectivity index (χ2v) is 16.3. The van der Waals surface area contributed by atoms with Crippen molar-refractivity contribution in [1.29, 1.82) is 0 Å². The van der Waals surface area contributed by atoms with Crippen molar-refractivity contribution in [1.82, 2.24) is 4.90 Å². The van der Waals surface area contributed by atoms with Crippen LogP contribution in [-0.2, 0) is 29.1 Å². The quantitative estimate of drug-likeness (QED) is 0.170. The van der Waals surface area contributed by atoms with E-state index in [1.165, 1.54) is 29.5 Å². The molecule has 1 amide bonds. The maximum absolute atomic E-state index is 15.2. The fourth-order valence-corrected chi connectivity index (χ4v) is 8.91. The normalized spacial score (nSPS) is 21.0. The molecule has 0 N–H and O–H groups in total. The van der Waals surface area contributed by atoms with Gasteiger partial charge in [-0.2, -0.15) is 0 Å². The summed E-state index contributed by atoms with van der Waals surface area (Å²) in [7, 11) is -3.95. The first kappa shape index (κ1) is 34.6. The molecule has 2 heterocycles. The van der Waals surface area contributed by atoms with E-state index < -0.39 is 57.3 Å². The molecule has 1 aliphatic carbocycles. The molecule has 5 rings (SSSR count). The molecule has 3 aromatic rings. The number of halogens is 3. The van der Waals surface area contributed by atoms with E-state index in [9.17, 15) is 18.0 Å². The van der Waals surface area contributed by atoms with E-state index in [0.717, 1.165) is 4.31 Å². The number of morpholine rings is 1. The van der Waals surface area contributed by atoms with Crippen molar-refractivity contribution in [3.63, 3.8) is 0 Å². The van der Waals surface area contributed by atoms with Crippen LogP contribution < -0.4 is 4.31 Å². The van der Waals surface area contributed by atoms with Crippen molar-refractivity contribution in [2.45, 2.75) is 76.0 Å². The average Bonchev–Trinajstić information content (AvgIpc) is 3.80. The number of carbonyl (C=O) groups is 2. The number of ether oxygens (including phenoxy) is 2. The number of anilines is 1. The number of hydrogen-bond acceptors (Lipinski definition) is 7. The van der Waals surface area contributed by atoms with E-state index in [4.69, 9.17) is 32.7 Å². The third-order valence-electron chi connectivity index (χ3n) is 8.03. The molecule has 2 aromatic carbocycles. The second-order valence-electron chi connectivity index (χ2n) is 12.0. The minimum atomic E-state index is -3.95. The lowest BCUT2D eigenvalue weighted by molar-refractivity contribution is -0.184. The van der Waals surface area contributed by atoms with Crippen LogP contribution in [0.25, 0.3) is 0 Å². The highest BCUT2D eigenvalue weighted by molar-refractivity contribution is 7.93. The van der Waals surface area contributed by atoms with Gasteiger partial charge in [0.1, 0.15) is 18.0 Å². The molecule has 248 valence electrons. The summed E-state index contributed by atoms with van der Waals surface area (Å²) < 4.78 is 56.3. The average molecular weight is 712 g/mol. The third kappa shape index (κ3) is 7.71. The van der Waals surface area contributed by atoms with Crippen LogP contribution in [-0.4, -0.2) is 55.7 Å². The van der Waals surface area contributed by atoms with Crippen molar-refractivity contribution in [3.05, 3.63) is 86.3 Å². The Kier molecular flexibility index (Phi) is 11.0. The Bertz CT molecular complexity index is 1660. The Labute approximate surface area is 283 Å². The second kappa shape index (κ2) is 14.6. The van der Waals surface area contributed by atoms with Gasteiger partial charge in [-0.15, -0.1) is 11.3 Å². The van der Waals surface area contributed by atoms with Gasteiger partial charge in [-0.1, -0.05) is 68.2 Å². The molecule has 8 nitrogen and oxygen atoms in total. The predicted octanol–water partition coefficient (Wildman–Crippen LogP) is 7.57. The summed E-state index contributed by atoms with van der Waals surface area (Å²) in [5.41, 5.74) is 0.580. The highest BCUT2D eigenvalue weighted by Crippen LogP contribution is 2.47. The van der Waals surface area contributed by atoms with E-state index in [1.807, 2.05) is 26.8 Å². The SMILES string of the molecule is CCC(CN(c1ccccc1F)S(=O)(=O)C1CC1)N1C(=O)C(CC(=O)OCC(C)C)O[C@H](c2cccc(Cl)c2)C1c1ccc(Cl)s1. The number of esters is 1. The Morgan fingerprint density at radius 2 is 1.87 bits per heavy atom. The van der Waals surface area contributed by atoms with Gasteiger partial charge in [-0.3, -0.25) is 13.9 Å². The summed E-state index contributed by atoms with van der Waals surface area (Å²) in [6.45, 7) is 5.64. The fourth-order valence-electron chi connectivity index (χ4n) is 5.63. The van der Waals surface area contributed by atoms with E-state index in [-0.39, 0.29) is 31.2 Å². The first-order valence-electron chi connectivity index (χ1n) is 15.3. The van der Waals surface area contributed by atoms with Gasteiger partial charge in [0, 0.05) is 9.90 Å². The molecule has 0 radical (unpaired) electrons. The van der Waals surface area contributed by atoms with Crippen LogP contribution in [0.1, 0.15) is 69.0 Å². The summed E-state index contributed by atoms with van der Waals surface area (Å²) in [6.07, 6.45) is -1.09. The fraction of sp³-hybridized carbons (Fsp3) is 0.455. The predicted molar refractivity (Wildman–Crippen MR) is 178 cm³/mol. The molecule has 2 aliphatic rings. The molecule has 1 aliphatic heterocycles. The number of amides is 1. The van der Waals surface area contributed by atoms with Gasteiger partial charge in [-0.05, 0) is 67.1 Å². The van der Waals surface area contributed by atoms with Crippen LogP contribution in [0.5, 0.6) is 0 Å². The van der Waals surface area contributed by atoms with Crippen molar-refractivity contribution in [3.8, 4) is 0 Å². The lowest BCUT2D eigenvalue weighted by Gasteiger charge is -2.48. The number of nitrogens with zero attached hydrogens (tertiary/aromatic N) is 2. The molecule has 1 aromatic heterocycles. The minimum absolute atomic E-state index is 0.0792. The standard InChI is InChI=1S/C33H37Cl2FN2O6S2/c1-4-23(18-37(46(41,42)24-12-13-24)26-11-6-5-10-25(26)36)38-31(28-14-15-29(35)45-28)32(21-8-7-9-22(34)16-21)44-27(33(38)40)17-30(39)43-19-20(2)3/h5-11,14-16,20,23-24,27,31-32H,4,12-13,17-19H2,1-3H3/t23?,27?,31?,32-/m1/s1. The molecule has 0 bridgehead atoms. The van der Waals surface area contributed by atoms with Crippen molar-refractivity contribution in [2.24, 2.45) is 5.92 Å². The minimum Gasteiger partial charge on any atom is -0.465 e. The third-order valence-corrected chi connectivity index (χ3v) is 11.8. The zero-order chi connectivity index (χ0) is 33.2. The van der Waals surface area contributed by atoms with Gasteiger partial charge in [0.05, 0.1) is 46.9 Å². The number of sulfonamides is 1. The van der Waals surface area contributed by atoms with E-state index in [0.29, 0.717) is 39.1 Å². The maximum Gasteiger partial charge on any atom is 0.308 e. The molecule has 3 unspecified atom stereocenters. The van der Waals surface area contributed by atoms with Crippen LogP contribution >= 0.6 is 34.5 Å². The molecule has 0 spiro atoms. The van der Waals surface area contributed by atoms with Crippen molar-refractivity contribution in [2.75, 3.05) is 17.5 Å². The Morgan fingerprint density at radius 1 is 1.13 bits per heavy atom. The molecule has 2 fully saturated rings. The lowest BCUT2D eigenvalue weighted by atomic mass is 9.93. The highest BCUT2D eigenvalue weighted by Gasteiger charge is 2.49. The van der Waals surface area contributed by atoms with Crippen LogP contribution in [0.2, 0.25) is 9.36 Å². The Balaban J connectivity index is 1.61. The number of hydrogen-bond donors (Lipinski definition) is 0. The molecular weight excluding hydrogens is 674 g/mol. The number of rotatable bonds is 13. The molecular formula is C33H37Cl2FN2O6S2. The van der Waals surface area contributed by atoms with E-state index >= 15 is 4.39 Å². The number of para-hydroxylation sites is 1. The summed E-state index contributed by atoms with van der Waals surface area (Å²) in [5, 5.41) is -0.173. The molecule has 1 saturated carbocycles. The highest BCUT2D eigenvalue weighted by atomic mass is 35.5. The molecule has 4 atom stereocenters. The number of thiophene rings is 1. The number of benzene rings is 2. The Morgan fingerprint density at radius 3 is 2.48 bits per heavy atom. The van der Waals surface area contributed by atoms with Gasteiger partial charge in [0.2, 0.25) is 10.0 Å². The van der Waals surface area contributed by atoms with Crippen LogP contribution in [0.4, 0.5) is 10.1 Å². The van der Waals surface area contributed by atoms with Gasteiger partial charge < -0.3 is 14.4 Å².